The first kappa shape index (κ1) is 14.7. The monoisotopic (exact) mass is 300 g/mol. The van der Waals surface area contributed by atoms with Crippen LogP contribution in [0.15, 0.2) is 36.7 Å². The molecule has 1 saturated heterocycles. The van der Waals surface area contributed by atoms with Crippen LogP contribution in [0.5, 0.6) is 0 Å². The molecule has 1 aliphatic rings. The minimum atomic E-state index is -0.434. The smallest absolute Gasteiger partial charge is 0.254 e. The number of amides is 1. The Morgan fingerprint density at radius 1 is 1.50 bits per heavy atom. The molecule has 0 saturated carbocycles. The first-order chi connectivity index (χ1) is 10.7. The number of hydrogen-bond donors (Lipinski definition) is 2. The zero-order valence-corrected chi connectivity index (χ0v) is 12.6. The van der Waals surface area contributed by atoms with E-state index in [-0.39, 0.29) is 5.91 Å². The molecule has 2 heterocycles. The van der Waals surface area contributed by atoms with Crippen LogP contribution in [0.4, 0.5) is 5.69 Å². The molecule has 1 atom stereocenters. The first-order valence-electron chi connectivity index (χ1n) is 7.43. The summed E-state index contributed by atoms with van der Waals surface area (Å²) in [6.45, 7) is 4.54. The Morgan fingerprint density at radius 3 is 3.09 bits per heavy atom. The molecule has 1 unspecified atom stereocenters. The Bertz CT molecular complexity index is 647. The van der Waals surface area contributed by atoms with Crippen molar-refractivity contribution < 1.29 is 9.53 Å². The molecule has 6 nitrogen and oxygen atoms in total. The van der Waals surface area contributed by atoms with Crippen molar-refractivity contribution in [3.8, 4) is 0 Å². The maximum absolute atomic E-state index is 12.3. The maximum atomic E-state index is 12.3. The molecule has 3 rings (SSSR count). The van der Waals surface area contributed by atoms with Gasteiger partial charge in [-0.2, -0.15) is 0 Å². The van der Waals surface area contributed by atoms with E-state index in [1.165, 1.54) is 0 Å². The number of aromatic nitrogens is 2. The molecule has 22 heavy (non-hydrogen) atoms. The van der Waals surface area contributed by atoms with Crippen molar-refractivity contribution in [3.05, 3.63) is 48.0 Å². The number of carbonyl (C=O) groups is 1. The molecular formula is C16H20N4O2. The summed E-state index contributed by atoms with van der Waals surface area (Å²) in [5.41, 5.74) is 1.86. The summed E-state index contributed by atoms with van der Waals surface area (Å²) in [5, 5.41) is 6.14. The highest BCUT2D eigenvalue weighted by Gasteiger charge is 2.22. The fourth-order valence-electron chi connectivity index (χ4n) is 2.48. The second-order valence-electron chi connectivity index (χ2n) is 5.31. The third-order valence-corrected chi connectivity index (χ3v) is 3.76. The van der Waals surface area contributed by atoms with Crippen LogP contribution in [-0.4, -0.2) is 41.3 Å². The predicted molar refractivity (Wildman–Crippen MR) is 83.7 cm³/mol. The number of morpholine rings is 1. The van der Waals surface area contributed by atoms with Crippen LogP contribution >= 0.6 is 0 Å². The second-order valence-corrected chi connectivity index (χ2v) is 5.31. The SMILES string of the molecule is Cc1nccn1Cc1ccccc1NC(=O)C1CNCCO1. The summed E-state index contributed by atoms with van der Waals surface area (Å²) in [6.07, 6.45) is 3.27. The van der Waals surface area contributed by atoms with Crippen LogP contribution in [0.3, 0.4) is 0 Å². The molecule has 0 spiro atoms. The van der Waals surface area contributed by atoms with Gasteiger partial charge in [-0.15, -0.1) is 0 Å². The van der Waals surface area contributed by atoms with Gasteiger partial charge in [-0.1, -0.05) is 18.2 Å². The van der Waals surface area contributed by atoms with Gasteiger partial charge < -0.3 is 19.9 Å². The van der Waals surface area contributed by atoms with Gasteiger partial charge in [0.25, 0.3) is 5.91 Å². The number of benzene rings is 1. The molecule has 6 heteroatoms. The first-order valence-corrected chi connectivity index (χ1v) is 7.43. The van der Waals surface area contributed by atoms with Gasteiger partial charge in [-0.3, -0.25) is 4.79 Å². The lowest BCUT2D eigenvalue weighted by molar-refractivity contribution is -0.128. The Morgan fingerprint density at radius 2 is 2.36 bits per heavy atom. The number of nitrogens with zero attached hydrogens (tertiary/aromatic N) is 2. The Hall–Kier alpha value is -2.18. The van der Waals surface area contributed by atoms with E-state index in [0.29, 0.717) is 19.7 Å². The molecular weight excluding hydrogens is 280 g/mol. The van der Waals surface area contributed by atoms with E-state index in [9.17, 15) is 4.79 Å². The van der Waals surface area contributed by atoms with Crippen molar-refractivity contribution in [3.63, 3.8) is 0 Å². The molecule has 116 valence electrons. The van der Waals surface area contributed by atoms with Gasteiger partial charge in [0, 0.05) is 31.2 Å². The quantitative estimate of drug-likeness (QED) is 0.889. The highest BCUT2D eigenvalue weighted by molar-refractivity contribution is 5.95. The number of anilines is 1. The summed E-state index contributed by atoms with van der Waals surface area (Å²) in [4.78, 5) is 16.5. The minimum absolute atomic E-state index is 0.109. The molecule has 1 aromatic carbocycles. The lowest BCUT2D eigenvalue weighted by Crippen LogP contribution is -2.45. The number of para-hydroxylation sites is 1. The van der Waals surface area contributed by atoms with Gasteiger partial charge in [0.05, 0.1) is 13.2 Å². The van der Waals surface area contributed by atoms with Gasteiger partial charge in [0.15, 0.2) is 0 Å². The highest BCUT2D eigenvalue weighted by atomic mass is 16.5. The Labute approximate surface area is 129 Å². The highest BCUT2D eigenvalue weighted by Crippen LogP contribution is 2.18. The van der Waals surface area contributed by atoms with Crippen LogP contribution < -0.4 is 10.6 Å². The molecule has 2 N–H and O–H groups in total. The van der Waals surface area contributed by atoms with Gasteiger partial charge in [-0.25, -0.2) is 4.98 Å². The van der Waals surface area contributed by atoms with E-state index in [2.05, 4.69) is 15.6 Å². The van der Waals surface area contributed by atoms with E-state index in [4.69, 9.17) is 4.74 Å². The Kier molecular flexibility index (Phi) is 4.50. The fourth-order valence-corrected chi connectivity index (χ4v) is 2.48. The number of ether oxygens (including phenoxy) is 1. The number of carbonyl (C=O) groups excluding carboxylic acids is 1. The summed E-state index contributed by atoms with van der Waals surface area (Å²) >= 11 is 0. The molecule has 0 radical (unpaired) electrons. The molecule has 0 bridgehead atoms. The fraction of sp³-hybridized carbons (Fsp3) is 0.375. The Balaban J connectivity index is 1.73. The average Bonchev–Trinajstić information content (AvgIpc) is 2.95. The van der Waals surface area contributed by atoms with Crippen molar-refractivity contribution >= 4 is 11.6 Å². The molecule has 2 aromatic rings. The van der Waals surface area contributed by atoms with E-state index in [1.807, 2.05) is 42.0 Å². The molecule has 0 aliphatic carbocycles. The van der Waals surface area contributed by atoms with Crippen LogP contribution in [0.1, 0.15) is 11.4 Å². The third-order valence-electron chi connectivity index (χ3n) is 3.76. The third kappa shape index (κ3) is 3.35. The number of rotatable bonds is 4. The molecule has 1 aromatic heterocycles. The van der Waals surface area contributed by atoms with Crippen molar-refractivity contribution in [2.75, 3.05) is 25.0 Å². The van der Waals surface area contributed by atoms with Crippen molar-refractivity contribution in [1.82, 2.24) is 14.9 Å². The van der Waals surface area contributed by atoms with Crippen LogP contribution in [0, 0.1) is 6.92 Å². The largest absolute Gasteiger partial charge is 0.366 e. The van der Waals surface area contributed by atoms with E-state index >= 15 is 0 Å². The molecule has 1 fully saturated rings. The number of imidazole rings is 1. The topological polar surface area (TPSA) is 68.2 Å². The van der Waals surface area contributed by atoms with Crippen LogP contribution in [0.2, 0.25) is 0 Å². The predicted octanol–water partition coefficient (Wildman–Crippen LogP) is 1.17. The van der Waals surface area contributed by atoms with E-state index in [0.717, 1.165) is 23.6 Å². The van der Waals surface area contributed by atoms with E-state index < -0.39 is 6.10 Å². The lowest BCUT2D eigenvalue weighted by atomic mass is 10.1. The summed E-state index contributed by atoms with van der Waals surface area (Å²) in [7, 11) is 0. The van der Waals surface area contributed by atoms with Crippen molar-refractivity contribution in [2.45, 2.75) is 19.6 Å². The van der Waals surface area contributed by atoms with Gasteiger partial charge in [0.1, 0.15) is 11.9 Å². The zero-order valence-electron chi connectivity index (χ0n) is 12.6. The normalized spacial score (nSPS) is 18.1. The number of nitrogens with one attached hydrogen (secondary N) is 2. The second kappa shape index (κ2) is 6.72. The summed E-state index contributed by atoms with van der Waals surface area (Å²) < 4.78 is 7.53. The van der Waals surface area contributed by atoms with Gasteiger partial charge in [-0.05, 0) is 18.6 Å². The van der Waals surface area contributed by atoms with Gasteiger partial charge >= 0.3 is 0 Å². The maximum Gasteiger partial charge on any atom is 0.254 e. The minimum Gasteiger partial charge on any atom is -0.366 e. The summed E-state index contributed by atoms with van der Waals surface area (Å²) in [6, 6.07) is 7.81. The average molecular weight is 300 g/mol. The van der Waals surface area contributed by atoms with Crippen molar-refractivity contribution in [2.24, 2.45) is 0 Å². The zero-order chi connectivity index (χ0) is 15.4. The lowest BCUT2D eigenvalue weighted by Gasteiger charge is -2.23. The molecule has 1 aliphatic heterocycles. The number of hydrogen-bond acceptors (Lipinski definition) is 4. The number of aryl methyl sites for hydroxylation is 1. The standard InChI is InChI=1S/C16H20N4O2/c1-12-18-6-8-20(12)11-13-4-2-3-5-14(13)19-16(21)15-10-17-7-9-22-15/h2-6,8,15,17H,7,9-11H2,1H3,(H,19,21). The van der Waals surface area contributed by atoms with Crippen LogP contribution in [0.25, 0.3) is 0 Å². The van der Waals surface area contributed by atoms with Crippen LogP contribution in [-0.2, 0) is 16.1 Å². The van der Waals surface area contributed by atoms with Crippen molar-refractivity contribution in [1.29, 1.82) is 0 Å². The molecule has 1 amide bonds. The van der Waals surface area contributed by atoms with E-state index in [1.54, 1.807) is 6.20 Å². The summed E-state index contributed by atoms with van der Waals surface area (Å²) in [5.74, 6) is 0.836. The van der Waals surface area contributed by atoms with Gasteiger partial charge in [0.2, 0.25) is 0 Å².